The van der Waals surface area contributed by atoms with E-state index < -0.39 is 18.1 Å². The molecule has 0 heterocycles. The Morgan fingerprint density at radius 1 is 0.778 bits per heavy atom. The Morgan fingerprint density at radius 3 is 1.74 bits per heavy atom. The molecular weight excluding hydrogens is 338 g/mol. The van der Waals surface area contributed by atoms with Gasteiger partial charge in [-0.05, 0) is 32.1 Å². The molecule has 0 radical (unpaired) electrons. The third kappa shape index (κ3) is 11.1. The molecule has 0 rings (SSSR count). The predicted octanol–water partition coefficient (Wildman–Crippen LogP) is 4.43. The van der Waals surface area contributed by atoms with Crippen molar-refractivity contribution < 1.29 is 19.5 Å². The average Bonchev–Trinajstić information content (AvgIpc) is 2.63. The van der Waals surface area contributed by atoms with E-state index in [0.29, 0.717) is 17.4 Å². The summed E-state index contributed by atoms with van der Waals surface area (Å²) in [6.07, 6.45) is 13.0. The molecule has 0 aliphatic carbocycles. The van der Waals surface area contributed by atoms with E-state index in [0.717, 1.165) is 77.3 Å². The van der Waals surface area contributed by atoms with Crippen molar-refractivity contribution in [2.45, 2.75) is 123 Å². The van der Waals surface area contributed by atoms with Crippen molar-refractivity contribution in [3.8, 4) is 0 Å². The van der Waals surface area contributed by atoms with Crippen molar-refractivity contribution in [3.05, 3.63) is 0 Å². The maximum atomic E-state index is 12.1. The van der Waals surface area contributed by atoms with Gasteiger partial charge in [-0.3, -0.25) is 0 Å². The lowest BCUT2D eigenvalue weighted by Crippen LogP contribution is -2.64. The molecule has 1 N–H and O–H groups in total. The molecule has 0 aromatic carbocycles. The molecule has 0 aromatic rings. The van der Waals surface area contributed by atoms with Gasteiger partial charge >= 0.3 is 0 Å². The summed E-state index contributed by atoms with van der Waals surface area (Å²) in [6, 6.07) is -0.492. The van der Waals surface area contributed by atoms with Crippen LogP contribution >= 0.6 is 0 Å². The Balaban J connectivity index is 5.34. The number of quaternary nitrogens is 1. The standard InChI is InChI=1S/C23H47NO3/c1-5-9-12-13-17-21(25)20-24(18-14-10-6-2,19-15-11-7-3)22(16-8-4)23(26)27/h21-22,25H,5-20H2,1-4H3. The largest absolute Gasteiger partial charge is 0.544 e. The maximum absolute atomic E-state index is 12.1. The second kappa shape index (κ2) is 16.4. The molecule has 0 aliphatic heterocycles. The summed E-state index contributed by atoms with van der Waals surface area (Å²) in [4.78, 5) is 12.1. The molecule has 0 fully saturated rings. The quantitative estimate of drug-likeness (QED) is 0.264. The van der Waals surface area contributed by atoms with Crippen molar-refractivity contribution in [1.82, 2.24) is 0 Å². The highest BCUT2D eigenvalue weighted by atomic mass is 16.4. The first-order chi connectivity index (χ1) is 13.0. The number of hydrogen-bond acceptors (Lipinski definition) is 3. The number of carboxylic acid groups (broad SMARTS) is 1. The Morgan fingerprint density at radius 2 is 1.30 bits per heavy atom. The minimum Gasteiger partial charge on any atom is -0.544 e. The predicted molar refractivity (Wildman–Crippen MR) is 112 cm³/mol. The van der Waals surface area contributed by atoms with Crippen molar-refractivity contribution in [2.24, 2.45) is 0 Å². The van der Waals surface area contributed by atoms with Crippen LogP contribution in [0.15, 0.2) is 0 Å². The van der Waals surface area contributed by atoms with Crippen LogP contribution in [-0.4, -0.2) is 47.3 Å². The van der Waals surface area contributed by atoms with Crippen LogP contribution in [0.3, 0.4) is 0 Å². The minimum atomic E-state index is -0.928. The van der Waals surface area contributed by atoms with Crippen molar-refractivity contribution in [2.75, 3.05) is 19.6 Å². The zero-order chi connectivity index (χ0) is 20.5. The number of aliphatic hydroxyl groups is 1. The molecule has 0 aliphatic rings. The number of carbonyl (C=O) groups is 1. The van der Waals surface area contributed by atoms with Crippen LogP contribution in [0.2, 0.25) is 0 Å². The second-order valence-electron chi connectivity index (χ2n) is 8.39. The molecule has 0 saturated heterocycles. The first kappa shape index (κ1) is 26.4. The fourth-order valence-electron chi connectivity index (χ4n) is 4.29. The second-order valence-corrected chi connectivity index (χ2v) is 8.39. The summed E-state index contributed by atoms with van der Waals surface area (Å²) in [5.41, 5.74) is 0. The third-order valence-electron chi connectivity index (χ3n) is 5.87. The molecule has 4 heteroatoms. The van der Waals surface area contributed by atoms with E-state index in [2.05, 4.69) is 20.8 Å². The van der Waals surface area contributed by atoms with Gasteiger partial charge in [0.15, 0.2) is 0 Å². The summed E-state index contributed by atoms with van der Waals surface area (Å²) in [5, 5.41) is 22.8. The topological polar surface area (TPSA) is 60.4 Å². The first-order valence-corrected chi connectivity index (χ1v) is 11.7. The molecule has 0 saturated carbocycles. The van der Waals surface area contributed by atoms with Crippen LogP contribution in [0.25, 0.3) is 0 Å². The van der Waals surface area contributed by atoms with Gasteiger partial charge in [0.2, 0.25) is 0 Å². The SMILES string of the molecule is CCCCCCC(O)C[N+](CCCCC)(CCCCC)C(CCC)C(=O)[O-]. The zero-order valence-electron chi connectivity index (χ0n) is 18.7. The monoisotopic (exact) mass is 385 g/mol. The van der Waals surface area contributed by atoms with E-state index in [4.69, 9.17) is 0 Å². The number of aliphatic carboxylic acids is 1. The number of nitrogens with zero attached hydrogens (tertiary/aromatic N) is 1. The highest BCUT2D eigenvalue weighted by molar-refractivity contribution is 5.69. The van der Waals surface area contributed by atoms with E-state index in [-0.39, 0.29) is 0 Å². The molecule has 0 amide bonds. The van der Waals surface area contributed by atoms with Gasteiger partial charge in [0, 0.05) is 6.42 Å². The van der Waals surface area contributed by atoms with Gasteiger partial charge < -0.3 is 19.5 Å². The molecule has 162 valence electrons. The molecule has 4 nitrogen and oxygen atoms in total. The van der Waals surface area contributed by atoms with Gasteiger partial charge in [0.25, 0.3) is 0 Å². The van der Waals surface area contributed by atoms with E-state index in [1.54, 1.807) is 0 Å². The van der Waals surface area contributed by atoms with Gasteiger partial charge in [0.05, 0.1) is 19.1 Å². The third-order valence-corrected chi connectivity index (χ3v) is 5.87. The number of unbranched alkanes of at least 4 members (excludes halogenated alkanes) is 7. The van der Waals surface area contributed by atoms with E-state index >= 15 is 0 Å². The Hall–Kier alpha value is -0.610. The van der Waals surface area contributed by atoms with Crippen LogP contribution in [0, 0.1) is 0 Å². The Labute approximate surface area is 168 Å². The number of carbonyl (C=O) groups excluding carboxylic acids is 1. The fourth-order valence-corrected chi connectivity index (χ4v) is 4.29. The Kier molecular flexibility index (Phi) is 16.0. The van der Waals surface area contributed by atoms with Crippen LogP contribution in [0.1, 0.15) is 111 Å². The van der Waals surface area contributed by atoms with Gasteiger partial charge in [-0.25, -0.2) is 0 Å². The molecule has 0 spiro atoms. The fraction of sp³-hybridized carbons (Fsp3) is 0.957. The van der Waals surface area contributed by atoms with Crippen LogP contribution < -0.4 is 5.11 Å². The summed E-state index contributed by atoms with van der Waals surface area (Å²) in [7, 11) is 0. The molecule has 0 bridgehead atoms. The van der Waals surface area contributed by atoms with Crippen molar-refractivity contribution in [1.29, 1.82) is 0 Å². The molecule has 0 aromatic heterocycles. The number of carboxylic acids is 1. The highest BCUT2D eigenvalue weighted by Gasteiger charge is 2.38. The minimum absolute atomic E-state index is 0.413. The van der Waals surface area contributed by atoms with E-state index in [1.165, 1.54) is 12.8 Å². The molecule has 27 heavy (non-hydrogen) atoms. The van der Waals surface area contributed by atoms with E-state index in [9.17, 15) is 15.0 Å². The smallest absolute Gasteiger partial charge is 0.129 e. The highest BCUT2D eigenvalue weighted by Crippen LogP contribution is 2.24. The molecule has 2 unspecified atom stereocenters. The summed E-state index contributed by atoms with van der Waals surface area (Å²) in [5.74, 6) is -0.928. The lowest BCUT2D eigenvalue weighted by atomic mass is 10.00. The van der Waals surface area contributed by atoms with Gasteiger partial charge in [-0.2, -0.15) is 0 Å². The van der Waals surface area contributed by atoms with Gasteiger partial charge in [-0.1, -0.05) is 72.6 Å². The van der Waals surface area contributed by atoms with Crippen molar-refractivity contribution in [3.63, 3.8) is 0 Å². The molecular formula is C23H47NO3. The van der Waals surface area contributed by atoms with Gasteiger partial charge in [0.1, 0.15) is 18.7 Å². The van der Waals surface area contributed by atoms with Crippen molar-refractivity contribution >= 4 is 5.97 Å². The van der Waals surface area contributed by atoms with Crippen LogP contribution in [0.4, 0.5) is 0 Å². The maximum Gasteiger partial charge on any atom is 0.129 e. The molecule has 2 atom stereocenters. The van der Waals surface area contributed by atoms with E-state index in [1.807, 2.05) is 6.92 Å². The first-order valence-electron chi connectivity index (χ1n) is 11.7. The van der Waals surface area contributed by atoms with Gasteiger partial charge in [-0.15, -0.1) is 0 Å². The summed E-state index contributed by atoms with van der Waals surface area (Å²) < 4.78 is 0.519. The summed E-state index contributed by atoms with van der Waals surface area (Å²) in [6.45, 7) is 10.9. The van der Waals surface area contributed by atoms with Crippen LogP contribution in [-0.2, 0) is 4.79 Å². The lowest BCUT2D eigenvalue weighted by Gasteiger charge is -2.47. The lowest BCUT2D eigenvalue weighted by molar-refractivity contribution is -0.948. The number of rotatable bonds is 19. The zero-order valence-corrected chi connectivity index (χ0v) is 18.7. The number of hydrogen-bond donors (Lipinski definition) is 1. The average molecular weight is 386 g/mol. The summed E-state index contributed by atoms with van der Waals surface area (Å²) >= 11 is 0. The Bertz CT molecular complexity index is 350. The normalized spacial score (nSPS) is 14.3. The number of aliphatic hydroxyl groups excluding tert-OH is 1. The van der Waals surface area contributed by atoms with Crippen LogP contribution in [0.5, 0.6) is 0 Å².